The van der Waals surface area contributed by atoms with Gasteiger partial charge in [-0.25, -0.2) is 0 Å². The number of unbranched alkanes of at least 4 members (excludes halogenated alkanes) is 4. The molecule has 27 heavy (non-hydrogen) atoms. The first-order valence-electron chi connectivity index (χ1n) is 10.7. The third kappa shape index (κ3) is 9.20. The maximum atomic E-state index is 5.99. The highest BCUT2D eigenvalue weighted by Gasteiger charge is 2.36. The molecule has 0 aromatic heterocycles. The van der Waals surface area contributed by atoms with Crippen LogP contribution < -0.4 is 0 Å². The largest absolute Gasteiger partial charge is 0.380 e. The van der Waals surface area contributed by atoms with Crippen molar-refractivity contribution in [2.24, 2.45) is 0 Å². The maximum absolute atomic E-state index is 5.99. The van der Waals surface area contributed by atoms with Gasteiger partial charge in [-0.2, -0.15) is 0 Å². The highest BCUT2D eigenvalue weighted by atomic mass is 16.7. The first kappa shape index (κ1) is 23.0. The highest BCUT2D eigenvalue weighted by Crippen LogP contribution is 2.25. The van der Waals surface area contributed by atoms with Crippen LogP contribution in [-0.4, -0.2) is 74.7 Å². The SMILES string of the molecule is CCCCCCCOCCN(C[C@H]1COC(C)(C)O1)C[C@H]1COC(C)(C)O1. The van der Waals surface area contributed by atoms with Gasteiger partial charge in [0.25, 0.3) is 0 Å². The van der Waals surface area contributed by atoms with Crippen molar-refractivity contribution in [1.82, 2.24) is 4.90 Å². The summed E-state index contributed by atoms with van der Waals surface area (Å²) in [5, 5.41) is 0. The van der Waals surface area contributed by atoms with Crippen LogP contribution in [-0.2, 0) is 23.7 Å². The Morgan fingerprint density at radius 1 is 0.815 bits per heavy atom. The molecule has 0 amide bonds. The fourth-order valence-electron chi connectivity index (χ4n) is 3.64. The van der Waals surface area contributed by atoms with Crippen molar-refractivity contribution in [2.75, 3.05) is 46.1 Å². The minimum absolute atomic E-state index is 0.0874. The van der Waals surface area contributed by atoms with Gasteiger partial charge in [-0.15, -0.1) is 0 Å². The predicted molar refractivity (Wildman–Crippen MR) is 106 cm³/mol. The van der Waals surface area contributed by atoms with Crippen LogP contribution >= 0.6 is 0 Å². The van der Waals surface area contributed by atoms with Gasteiger partial charge in [0.2, 0.25) is 0 Å². The Morgan fingerprint density at radius 2 is 1.37 bits per heavy atom. The molecule has 0 aromatic rings. The van der Waals surface area contributed by atoms with E-state index in [1.807, 2.05) is 27.7 Å². The molecule has 0 aromatic carbocycles. The number of hydrogen-bond acceptors (Lipinski definition) is 6. The average molecular weight is 388 g/mol. The molecular weight excluding hydrogens is 346 g/mol. The Kier molecular flexibility index (Phi) is 9.45. The molecule has 2 atom stereocenters. The highest BCUT2D eigenvalue weighted by molar-refractivity contribution is 4.79. The zero-order chi connectivity index (χ0) is 19.8. The van der Waals surface area contributed by atoms with E-state index >= 15 is 0 Å². The second-order valence-electron chi connectivity index (χ2n) is 8.69. The molecule has 0 radical (unpaired) electrons. The van der Waals surface area contributed by atoms with Gasteiger partial charge in [-0.05, 0) is 34.1 Å². The molecule has 2 saturated heterocycles. The monoisotopic (exact) mass is 387 g/mol. The minimum Gasteiger partial charge on any atom is -0.380 e. The van der Waals surface area contributed by atoms with Crippen molar-refractivity contribution in [2.45, 2.75) is 90.5 Å². The number of nitrogens with zero attached hydrogens (tertiary/aromatic N) is 1. The van der Waals surface area contributed by atoms with E-state index < -0.39 is 11.6 Å². The molecule has 2 aliphatic rings. The van der Waals surface area contributed by atoms with Crippen LogP contribution in [0.5, 0.6) is 0 Å². The van der Waals surface area contributed by atoms with Crippen LogP contribution in [0, 0.1) is 0 Å². The van der Waals surface area contributed by atoms with Crippen molar-refractivity contribution in [3.8, 4) is 0 Å². The van der Waals surface area contributed by atoms with E-state index in [2.05, 4.69) is 11.8 Å². The molecule has 6 nitrogen and oxygen atoms in total. The summed E-state index contributed by atoms with van der Waals surface area (Å²) in [5.74, 6) is -0.972. The van der Waals surface area contributed by atoms with E-state index in [4.69, 9.17) is 23.7 Å². The molecule has 0 unspecified atom stereocenters. The standard InChI is InChI=1S/C21H41NO5/c1-6-7-8-9-10-12-23-13-11-22(14-18-16-24-20(2,3)26-18)15-19-17-25-21(4,5)27-19/h18-19H,6-17H2,1-5H3/t18-,19-/m0/s1. The van der Waals surface area contributed by atoms with Gasteiger partial charge in [0, 0.05) is 26.2 Å². The molecule has 0 saturated carbocycles. The smallest absolute Gasteiger partial charge is 0.163 e. The topological polar surface area (TPSA) is 49.4 Å². The maximum Gasteiger partial charge on any atom is 0.163 e. The summed E-state index contributed by atoms with van der Waals surface area (Å²) in [7, 11) is 0. The fourth-order valence-corrected chi connectivity index (χ4v) is 3.64. The van der Waals surface area contributed by atoms with Crippen LogP contribution in [0.3, 0.4) is 0 Å². The zero-order valence-corrected chi connectivity index (χ0v) is 18.1. The normalized spacial score (nSPS) is 26.9. The second kappa shape index (κ2) is 11.1. The van der Waals surface area contributed by atoms with Crippen molar-refractivity contribution in [3.05, 3.63) is 0 Å². The zero-order valence-electron chi connectivity index (χ0n) is 18.1. The lowest BCUT2D eigenvalue weighted by Crippen LogP contribution is -2.42. The first-order chi connectivity index (χ1) is 12.8. The molecule has 0 spiro atoms. The lowest BCUT2D eigenvalue weighted by Gasteiger charge is -2.28. The molecular formula is C21H41NO5. The Labute approximate surface area is 165 Å². The molecule has 160 valence electrons. The molecule has 2 aliphatic heterocycles. The third-order valence-electron chi connectivity index (χ3n) is 5.00. The number of ether oxygens (including phenoxy) is 5. The minimum atomic E-state index is -0.486. The molecule has 0 aliphatic carbocycles. The van der Waals surface area contributed by atoms with Crippen molar-refractivity contribution in [3.63, 3.8) is 0 Å². The Hall–Kier alpha value is -0.240. The molecule has 2 rings (SSSR count). The van der Waals surface area contributed by atoms with Crippen LogP contribution in [0.4, 0.5) is 0 Å². The molecule has 0 bridgehead atoms. The van der Waals surface area contributed by atoms with Crippen LogP contribution in [0.1, 0.15) is 66.7 Å². The summed E-state index contributed by atoms with van der Waals surface area (Å²) in [6, 6.07) is 0. The lowest BCUT2D eigenvalue weighted by molar-refractivity contribution is -0.145. The van der Waals surface area contributed by atoms with E-state index in [0.29, 0.717) is 13.2 Å². The van der Waals surface area contributed by atoms with E-state index in [-0.39, 0.29) is 12.2 Å². The summed E-state index contributed by atoms with van der Waals surface area (Å²) in [6.45, 7) is 15.5. The van der Waals surface area contributed by atoms with Gasteiger partial charge in [0.15, 0.2) is 11.6 Å². The first-order valence-corrected chi connectivity index (χ1v) is 10.7. The Balaban J connectivity index is 1.70. The van der Waals surface area contributed by atoms with Gasteiger partial charge in [0.1, 0.15) is 0 Å². The summed E-state index contributed by atoms with van der Waals surface area (Å²) < 4.78 is 29.3. The fraction of sp³-hybridized carbons (Fsp3) is 1.00. The van der Waals surface area contributed by atoms with Crippen molar-refractivity contribution < 1.29 is 23.7 Å². The summed E-state index contributed by atoms with van der Waals surface area (Å²) in [5.41, 5.74) is 0. The van der Waals surface area contributed by atoms with Gasteiger partial charge in [-0.1, -0.05) is 32.6 Å². The van der Waals surface area contributed by atoms with Gasteiger partial charge in [-0.3, -0.25) is 4.90 Å². The van der Waals surface area contributed by atoms with Crippen LogP contribution in [0.15, 0.2) is 0 Å². The number of rotatable bonds is 13. The summed E-state index contributed by atoms with van der Waals surface area (Å²) in [6.07, 6.45) is 6.52. The van der Waals surface area contributed by atoms with Crippen LogP contribution in [0.2, 0.25) is 0 Å². The van der Waals surface area contributed by atoms with Crippen molar-refractivity contribution in [1.29, 1.82) is 0 Å². The van der Waals surface area contributed by atoms with Gasteiger partial charge >= 0.3 is 0 Å². The van der Waals surface area contributed by atoms with Crippen LogP contribution in [0.25, 0.3) is 0 Å². The van der Waals surface area contributed by atoms with E-state index in [0.717, 1.165) is 39.3 Å². The number of hydrogen-bond donors (Lipinski definition) is 0. The molecule has 2 fully saturated rings. The quantitative estimate of drug-likeness (QED) is 0.450. The van der Waals surface area contributed by atoms with E-state index in [1.54, 1.807) is 0 Å². The second-order valence-corrected chi connectivity index (χ2v) is 8.69. The van der Waals surface area contributed by atoms with Gasteiger partial charge < -0.3 is 23.7 Å². The predicted octanol–water partition coefficient (Wildman–Crippen LogP) is 3.58. The lowest BCUT2D eigenvalue weighted by atomic mass is 10.2. The molecule has 0 N–H and O–H groups in total. The third-order valence-corrected chi connectivity index (χ3v) is 5.00. The molecule has 2 heterocycles. The summed E-state index contributed by atoms with van der Waals surface area (Å²) >= 11 is 0. The Morgan fingerprint density at radius 3 is 1.85 bits per heavy atom. The Bertz CT molecular complexity index is 387. The van der Waals surface area contributed by atoms with Gasteiger partial charge in [0.05, 0.1) is 32.0 Å². The van der Waals surface area contributed by atoms with E-state index in [1.165, 1.54) is 25.7 Å². The summed E-state index contributed by atoms with van der Waals surface area (Å²) in [4.78, 5) is 2.36. The van der Waals surface area contributed by atoms with E-state index in [9.17, 15) is 0 Å². The molecule has 6 heteroatoms. The average Bonchev–Trinajstić information content (AvgIpc) is 3.10. The van der Waals surface area contributed by atoms with Crippen molar-refractivity contribution >= 4 is 0 Å².